The van der Waals surface area contributed by atoms with Gasteiger partial charge in [0.25, 0.3) is 0 Å². The van der Waals surface area contributed by atoms with E-state index >= 15 is 0 Å². The Hall–Kier alpha value is -2.49. The average Bonchev–Trinajstić information content (AvgIpc) is 2.59. The maximum Gasteiger partial charge on any atom is 0.321 e. The molecule has 4 heteroatoms. The number of hydrogen-bond donors (Lipinski definition) is 1. The van der Waals surface area contributed by atoms with Gasteiger partial charge in [0.05, 0.1) is 0 Å². The van der Waals surface area contributed by atoms with Gasteiger partial charge in [0.2, 0.25) is 0 Å². The lowest BCUT2D eigenvalue weighted by Crippen LogP contribution is -2.50. The Morgan fingerprint density at radius 1 is 0.875 bits per heavy atom. The Kier molecular flexibility index (Phi) is 4.74. The molecule has 0 bridgehead atoms. The van der Waals surface area contributed by atoms with Crippen LogP contribution in [0.3, 0.4) is 0 Å². The van der Waals surface area contributed by atoms with E-state index in [1.54, 1.807) is 0 Å². The summed E-state index contributed by atoms with van der Waals surface area (Å²) >= 11 is 0. The normalized spacial score (nSPS) is 14.6. The zero-order valence-corrected chi connectivity index (χ0v) is 14.7. The van der Waals surface area contributed by atoms with Gasteiger partial charge in [-0.3, -0.25) is 0 Å². The molecule has 0 saturated carbocycles. The number of carbonyl (C=O) groups is 1. The quantitative estimate of drug-likeness (QED) is 0.908. The van der Waals surface area contributed by atoms with Crippen LogP contribution in [0, 0.1) is 20.8 Å². The molecule has 2 aromatic rings. The maximum absolute atomic E-state index is 12.4. The molecule has 126 valence electrons. The van der Waals surface area contributed by atoms with Crippen molar-refractivity contribution in [1.82, 2.24) is 4.90 Å². The molecular formula is C20H25N3O. The van der Waals surface area contributed by atoms with E-state index < -0.39 is 0 Å². The minimum Gasteiger partial charge on any atom is -0.368 e. The highest BCUT2D eigenvalue weighted by Crippen LogP contribution is 2.23. The Labute approximate surface area is 144 Å². The van der Waals surface area contributed by atoms with E-state index in [0.717, 1.165) is 31.9 Å². The summed E-state index contributed by atoms with van der Waals surface area (Å²) < 4.78 is 0. The van der Waals surface area contributed by atoms with Gasteiger partial charge in [0, 0.05) is 37.6 Å². The highest BCUT2D eigenvalue weighted by Gasteiger charge is 2.22. The molecule has 4 nitrogen and oxygen atoms in total. The summed E-state index contributed by atoms with van der Waals surface area (Å²) in [5.74, 6) is 0. The predicted octanol–water partition coefficient (Wildman–Crippen LogP) is 3.97. The van der Waals surface area contributed by atoms with E-state index in [1.807, 2.05) is 36.1 Å². The molecule has 0 unspecified atom stereocenters. The number of hydrogen-bond acceptors (Lipinski definition) is 2. The highest BCUT2D eigenvalue weighted by molar-refractivity contribution is 5.89. The van der Waals surface area contributed by atoms with Crippen molar-refractivity contribution in [2.75, 3.05) is 36.4 Å². The van der Waals surface area contributed by atoms with Crippen LogP contribution in [0.25, 0.3) is 0 Å². The van der Waals surface area contributed by atoms with Crippen molar-refractivity contribution in [3.63, 3.8) is 0 Å². The number of carbonyl (C=O) groups excluding carboxylic acids is 1. The number of aryl methyl sites for hydroxylation is 3. The number of nitrogens with one attached hydrogen (secondary N) is 1. The van der Waals surface area contributed by atoms with Crippen LogP contribution < -0.4 is 10.2 Å². The Balaban J connectivity index is 1.59. The molecule has 3 rings (SSSR count). The van der Waals surface area contributed by atoms with Crippen molar-refractivity contribution in [3.8, 4) is 0 Å². The van der Waals surface area contributed by atoms with Crippen LogP contribution in [0.15, 0.2) is 42.5 Å². The molecule has 1 heterocycles. The Bertz CT molecular complexity index is 716. The molecule has 24 heavy (non-hydrogen) atoms. The second-order valence-corrected chi connectivity index (χ2v) is 6.56. The van der Waals surface area contributed by atoms with Gasteiger partial charge in [-0.15, -0.1) is 0 Å². The van der Waals surface area contributed by atoms with Gasteiger partial charge < -0.3 is 15.1 Å². The fourth-order valence-corrected chi connectivity index (χ4v) is 3.05. The average molecular weight is 323 g/mol. The van der Waals surface area contributed by atoms with Crippen LogP contribution in [-0.2, 0) is 0 Å². The number of nitrogens with zero attached hydrogens (tertiary/aromatic N) is 2. The number of anilines is 2. The molecule has 1 aliphatic rings. The molecule has 0 atom stereocenters. The molecule has 0 spiro atoms. The van der Waals surface area contributed by atoms with Crippen molar-refractivity contribution in [3.05, 3.63) is 59.2 Å². The molecule has 2 amide bonds. The molecule has 1 fully saturated rings. The topological polar surface area (TPSA) is 35.6 Å². The van der Waals surface area contributed by atoms with Crippen molar-refractivity contribution in [2.24, 2.45) is 0 Å². The van der Waals surface area contributed by atoms with Crippen LogP contribution in [0.5, 0.6) is 0 Å². The molecule has 0 radical (unpaired) electrons. The number of rotatable bonds is 2. The lowest BCUT2D eigenvalue weighted by molar-refractivity contribution is 0.208. The van der Waals surface area contributed by atoms with Crippen molar-refractivity contribution in [2.45, 2.75) is 20.8 Å². The third-order valence-corrected chi connectivity index (χ3v) is 4.58. The molecule has 0 aromatic heterocycles. The van der Waals surface area contributed by atoms with Gasteiger partial charge in [-0.05, 0) is 50.1 Å². The van der Waals surface area contributed by atoms with Crippen LogP contribution in [-0.4, -0.2) is 37.1 Å². The van der Waals surface area contributed by atoms with Gasteiger partial charge in [0.1, 0.15) is 0 Å². The van der Waals surface area contributed by atoms with Crippen molar-refractivity contribution >= 4 is 17.4 Å². The monoisotopic (exact) mass is 323 g/mol. The first kappa shape index (κ1) is 16.4. The summed E-state index contributed by atoms with van der Waals surface area (Å²) in [7, 11) is 0. The SMILES string of the molecule is Cc1ccc(NC(=O)N2CCN(c3cc(C)ccc3C)CC2)cc1. The molecule has 1 saturated heterocycles. The fraction of sp³-hybridized carbons (Fsp3) is 0.350. The first-order chi connectivity index (χ1) is 11.5. The van der Waals surface area contributed by atoms with E-state index in [0.29, 0.717) is 0 Å². The largest absolute Gasteiger partial charge is 0.368 e. The zero-order valence-electron chi connectivity index (χ0n) is 14.7. The van der Waals surface area contributed by atoms with E-state index in [9.17, 15) is 4.79 Å². The Morgan fingerprint density at radius 3 is 2.17 bits per heavy atom. The zero-order chi connectivity index (χ0) is 17.1. The molecular weight excluding hydrogens is 298 g/mol. The summed E-state index contributed by atoms with van der Waals surface area (Å²) in [5, 5.41) is 2.98. The highest BCUT2D eigenvalue weighted by atomic mass is 16.2. The molecule has 1 aliphatic heterocycles. The molecule has 1 N–H and O–H groups in total. The Morgan fingerprint density at radius 2 is 1.50 bits per heavy atom. The summed E-state index contributed by atoms with van der Waals surface area (Å²) in [5.41, 5.74) is 5.89. The first-order valence-corrected chi connectivity index (χ1v) is 8.48. The van der Waals surface area contributed by atoms with E-state index in [4.69, 9.17) is 0 Å². The maximum atomic E-state index is 12.4. The third-order valence-electron chi connectivity index (χ3n) is 4.58. The third kappa shape index (κ3) is 3.70. The van der Waals surface area contributed by atoms with Gasteiger partial charge in [-0.25, -0.2) is 4.79 Å². The number of piperazine rings is 1. The van der Waals surface area contributed by atoms with Crippen LogP contribution in [0.1, 0.15) is 16.7 Å². The lowest BCUT2D eigenvalue weighted by Gasteiger charge is -2.36. The lowest BCUT2D eigenvalue weighted by atomic mass is 10.1. The predicted molar refractivity (Wildman–Crippen MR) is 99.9 cm³/mol. The van der Waals surface area contributed by atoms with Gasteiger partial charge >= 0.3 is 6.03 Å². The summed E-state index contributed by atoms with van der Waals surface area (Å²) in [6.07, 6.45) is 0. The van der Waals surface area contributed by atoms with Gasteiger partial charge in [-0.2, -0.15) is 0 Å². The number of urea groups is 1. The minimum absolute atomic E-state index is 0.0144. The van der Waals surface area contributed by atoms with E-state index in [1.165, 1.54) is 22.4 Å². The van der Waals surface area contributed by atoms with Crippen molar-refractivity contribution < 1.29 is 4.79 Å². The molecule has 2 aromatic carbocycles. The molecule has 0 aliphatic carbocycles. The van der Waals surface area contributed by atoms with Crippen LogP contribution in [0.4, 0.5) is 16.2 Å². The van der Waals surface area contributed by atoms with Crippen LogP contribution in [0.2, 0.25) is 0 Å². The fourth-order valence-electron chi connectivity index (χ4n) is 3.05. The summed E-state index contributed by atoms with van der Waals surface area (Å²) in [4.78, 5) is 16.7. The second kappa shape index (κ2) is 6.95. The van der Waals surface area contributed by atoms with Gasteiger partial charge in [-0.1, -0.05) is 29.8 Å². The van der Waals surface area contributed by atoms with E-state index in [2.05, 4.69) is 42.3 Å². The second-order valence-electron chi connectivity index (χ2n) is 6.56. The van der Waals surface area contributed by atoms with E-state index in [-0.39, 0.29) is 6.03 Å². The van der Waals surface area contributed by atoms with Crippen LogP contribution >= 0.6 is 0 Å². The summed E-state index contributed by atoms with van der Waals surface area (Å²) in [6, 6.07) is 14.4. The minimum atomic E-state index is -0.0144. The van der Waals surface area contributed by atoms with Crippen molar-refractivity contribution in [1.29, 1.82) is 0 Å². The summed E-state index contributed by atoms with van der Waals surface area (Å²) in [6.45, 7) is 9.52. The standard InChI is InChI=1S/C20H25N3O/c1-15-5-8-18(9-6-15)21-20(24)23-12-10-22(11-13-23)19-14-16(2)4-7-17(19)3/h4-9,14H,10-13H2,1-3H3,(H,21,24). The number of benzene rings is 2. The smallest absolute Gasteiger partial charge is 0.321 e. The van der Waals surface area contributed by atoms with Gasteiger partial charge in [0.15, 0.2) is 0 Å². The number of amides is 2. The first-order valence-electron chi connectivity index (χ1n) is 8.48.